The fourth-order valence-corrected chi connectivity index (χ4v) is 2.82. The van der Waals surface area contributed by atoms with Gasteiger partial charge in [-0.15, -0.1) is 0 Å². The van der Waals surface area contributed by atoms with Crippen LogP contribution in [0.15, 0.2) is 24.3 Å². The number of rotatable bonds is 4. The lowest BCUT2D eigenvalue weighted by Crippen LogP contribution is -2.45. The van der Waals surface area contributed by atoms with E-state index in [1.165, 1.54) is 25.1 Å². The van der Waals surface area contributed by atoms with Gasteiger partial charge in [0.05, 0.1) is 0 Å². The zero-order chi connectivity index (χ0) is 14.4. The van der Waals surface area contributed by atoms with Crippen molar-refractivity contribution in [3.63, 3.8) is 0 Å². The van der Waals surface area contributed by atoms with Crippen molar-refractivity contribution in [2.75, 3.05) is 25.0 Å². The summed E-state index contributed by atoms with van der Waals surface area (Å²) in [5.74, 6) is -0.259. The van der Waals surface area contributed by atoms with Crippen molar-refractivity contribution in [3.05, 3.63) is 30.1 Å². The molecule has 5 heteroatoms. The van der Waals surface area contributed by atoms with Crippen molar-refractivity contribution < 1.29 is 4.39 Å². The highest BCUT2D eigenvalue weighted by atomic mass is 32.1. The summed E-state index contributed by atoms with van der Waals surface area (Å²) in [5.41, 5.74) is 0.686. The Morgan fingerprint density at radius 2 is 2.15 bits per heavy atom. The Balaban J connectivity index is 1.75. The highest BCUT2D eigenvalue weighted by Gasteiger charge is 2.18. The first-order valence-electron chi connectivity index (χ1n) is 7.23. The summed E-state index contributed by atoms with van der Waals surface area (Å²) in [4.78, 5) is 2.49. The SMILES string of the molecule is CCCN1CCC(NC(=S)Nc2cccc(F)c2)CC1. The lowest BCUT2D eigenvalue weighted by molar-refractivity contribution is 0.207. The van der Waals surface area contributed by atoms with Crippen LogP contribution in [0.3, 0.4) is 0 Å². The third-order valence-electron chi connectivity index (χ3n) is 3.55. The quantitative estimate of drug-likeness (QED) is 0.835. The van der Waals surface area contributed by atoms with Gasteiger partial charge in [-0.3, -0.25) is 0 Å². The fourth-order valence-electron chi connectivity index (χ4n) is 2.54. The van der Waals surface area contributed by atoms with Crippen LogP contribution in [0.4, 0.5) is 10.1 Å². The molecule has 1 saturated heterocycles. The Kier molecular flexibility index (Phi) is 5.73. The molecule has 1 aliphatic heterocycles. The Morgan fingerprint density at radius 1 is 1.40 bits per heavy atom. The Morgan fingerprint density at radius 3 is 2.80 bits per heavy atom. The van der Waals surface area contributed by atoms with Gasteiger partial charge < -0.3 is 15.5 Å². The zero-order valence-corrected chi connectivity index (χ0v) is 12.7. The molecule has 1 aromatic rings. The molecule has 1 heterocycles. The van der Waals surface area contributed by atoms with Crippen molar-refractivity contribution in [1.82, 2.24) is 10.2 Å². The van der Waals surface area contributed by atoms with Gasteiger partial charge in [-0.05, 0) is 56.2 Å². The van der Waals surface area contributed by atoms with Crippen LogP contribution in [0.25, 0.3) is 0 Å². The first kappa shape index (κ1) is 15.2. The second-order valence-electron chi connectivity index (χ2n) is 5.22. The molecule has 0 aromatic heterocycles. The molecule has 2 rings (SSSR count). The first-order valence-corrected chi connectivity index (χ1v) is 7.63. The maximum absolute atomic E-state index is 13.1. The largest absolute Gasteiger partial charge is 0.360 e. The van der Waals surface area contributed by atoms with E-state index in [1.807, 2.05) is 0 Å². The van der Waals surface area contributed by atoms with Crippen LogP contribution < -0.4 is 10.6 Å². The van der Waals surface area contributed by atoms with Crippen molar-refractivity contribution >= 4 is 23.0 Å². The highest BCUT2D eigenvalue weighted by Crippen LogP contribution is 2.12. The number of piperidine rings is 1. The predicted octanol–water partition coefficient (Wildman–Crippen LogP) is 2.99. The van der Waals surface area contributed by atoms with Gasteiger partial charge in [0.1, 0.15) is 5.82 Å². The minimum atomic E-state index is -0.259. The number of halogens is 1. The lowest BCUT2D eigenvalue weighted by atomic mass is 10.1. The molecular weight excluding hydrogens is 273 g/mol. The van der Waals surface area contributed by atoms with E-state index in [9.17, 15) is 4.39 Å². The Hall–Kier alpha value is -1.20. The molecule has 0 spiro atoms. The summed E-state index contributed by atoms with van der Waals surface area (Å²) in [5, 5.41) is 6.93. The van der Waals surface area contributed by atoms with Crippen LogP contribution in [0.5, 0.6) is 0 Å². The van der Waals surface area contributed by atoms with Crippen LogP contribution in [-0.2, 0) is 0 Å². The summed E-state index contributed by atoms with van der Waals surface area (Å²) in [6.45, 7) is 5.63. The van der Waals surface area contributed by atoms with E-state index in [0.717, 1.165) is 25.9 Å². The molecule has 1 aliphatic rings. The maximum atomic E-state index is 13.1. The molecule has 0 radical (unpaired) electrons. The van der Waals surface area contributed by atoms with E-state index in [-0.39, 0.29) is 5.82 Å². The maximum Gasteiger partial charge on any atom is 0.170 e. The van der Waals surface area contributed by atoms with E-state index < -0.39 is 0 Å². The average molecular weight is 295 g/mol. The standard InChI is InChI=1S/C15H22FN3S/c1-2-8-19-9-6-13(7-10-19)17-15(20)18-14-5-3-4-12(16)11-14/h3-5,11,13H,2,6-10H2,1H3,(H2,17,18,20). The van der Waals surface area contributed by atoms with E-state index in [2.05, 4.69) is 22.5 Å². The normalized spacial score (nSPS) is 16.9. The smallest absolute Gasteiger partial charge is 0.170 e. The first-order chi connectivity index (χ1) is 9.67. The summed E-state index contributed by atoms with van der Waals surface area (Å²) < 4.78 is 13.1. The molecule has 0 unspecified atom stereocenters. The molecule has 0 aliphatic carbocycles. The van der Waals surface area contributed by atoms with Crippen molar-refractivity contribution in [2.24, 2.45) is 0 Å². The Bertz CT molecular complexity index is 444. The van der Waals surface area contributed by atoms with Crippen molar-refractivity contribution in [2.45, 2.75) is 32.2 Å². The third-order valence-corrected chi connectivity index (χ3v) is 3.77. The molecule has 0 bridgehead atoms. The Labute approximate surface area is 125 Å². The molecule has 1 fully saturated rings. The molecule has 2 N–H and O–H groups in total. The van der Waals surface area contributed by atoms with E-state index in [4.69, 9.17) is 12.2 Å². The number of nitrogens with one attached hydrogen (secondary N) is 2. The van der Waals surface area contributed by atoms with Gasteiger partial charge in [-0.1, -0.05) is 13.0 Å². The molecule has 0 amide bonds. The monoisotopic (exact) mass is 295 g/mol. The molecular formula is C15H22FN3S. The second kappa shape index (κ2) is 7.55. The number of benzene rings is 1. The van der Waals surface area contributed by atoms with Crippen molar-refractivity contribution in [1.29, 1.82) is 0 Å². The average Bonchev–Trinajstić information content (AvgIpc) is 2.41. The summed E-state index contributed by atoms with van der Waals surface area (Å²) in [6, 6.07) is 6.75. The van der Waals surface area contributed by atoms with Crippen LogP contribution in [0, 0.1) is 5.82 Å². The zero-order valence-electron chi connectivity index (χ0n) is 11.9. The fraction of sp³-hybridized carbons (Fsp3) is 0.533. The number of nitrogens with zero attached hydrogens (tertiary/aromatic N) is 1. The van der Waals surface area contributed by atoms with Gasteiger partial charge in [-0.2, -0.15) is 0 Å². The predicted molar refractivity (Wildman–Crippen MR) is 85.5 cm³/mol. The van der Waals surface area contributed by atoms with E-state index >= 15 is 0 Å². The van der Waals surface area contributed by atoms with Crippen LogP contribution in [-0.4, -0.2) is 35.7 Å². The number of likely N-dealkylation sites (tertiary alicyclic amines) is 1. The summed E-state index contributed by atoms with van der Waals surface area (Å²) >= 11 is 5.28. The second-order valence-corrected chi connectivity index (χ2v) is 5.63. The topological polar surface area (TPSA) is 27.3 Å². The number of hydrogen-bond donors (Lipinski definition) is 2. The third kappa shape index (κ3) is 4.72. The molecule has 20 heavy (non-hydrogen) atoms. The van der Waals surface area contributed by atoms with E-state index in [0.29, 0.717) is 16.8 Å². The van der Waals surface area contributed by atoms with Gasteiger partial charge in [0.15, 0.2) is 5.11 Å². The highest BCUT2D eigenvalue weighted by molar-refractivity contribution is 7.80. The number of hydrogen-bond acceptors (Lipinski definition) is 2. The van der Waals surface area contributed by atoms with E-state index in [1.54, 1.807) is 12.1 Å². The molecule has 110 valence electrons. The van der Waals surface area contributed by atoms with Gasteiger partial charge in [0, 0.05) is 24.8 Å². The lowest BCUT2D eigenvalue weighted by Gasteiger charge is -2.32. The molecule has 0 saturated carbocycles. The molecule has 0 atom stereocenters. The summed E-state index contributed by atoms with van der Waals surface area (Å²) in [6.07, 6.45) is 3.41. The van der Waals surface area contributed by atoms with Crippen LogP contribution in [0.2, 0.25) is 0 Å². The minimum absolute atomic E-state index is 0.259. The summed E-state index contributed by atoms with van der Waals surface area (Å²) in [7, 11) is 0. The minimum Gasteiger partial charge on any atom is -0.360 e. The van der Waals surface area contributed by atoms with Gasteiger partial charge in [-0.25, -0.2) is 4.39 Å². The van der Waals surface area contributed by atoms with Crippen LogP contribution >= 0.6 is 12.2 Å². The van der Waals surface area contributed by atoms with Gasteiger partial charge in [0.25, 0.3) is 0 Å². The number of anilines is 1. The van der Waals surface area contributed by atoms with Gasteiger partial charge in [0.2, 0.25) is 0 Å². The van der Waals surface area contributed by atoms with Crippen molar-refractivity contribution in [3.8, 4) is 0 Å². The molecule has 3 nitrogen and oxygen atoms in total. The number of thiocarbonyl (C=S) groups is 1. The van der Waals surface area contributed by atoms with Gasteiger partial charge >= 0.3 is 0 Å². The van der Waals surface area contributed by atoms with Crippen LogP contribution in [0.1, 0.15) is 26.2 Å². The molecule has 1 aromatic carbocycles.